The number of amides is 1. The van der Waals surface area contributed by atoms with Crippen LogP contribution in [-0.2, 0) is 0 Å². The van der Waals surface area contributed by atoms with Crippen molar-refractivity contribution < 1.29 is 13.6 Å². The quantitative estimate of drug-likeness (QED) is 0.218. The smallest absolute Gasteiger partial charge is 0.255 e. The molecule has 1 heterocycles. The van der Waals surface area contributed by atoms with E-state index < -0.39 is 5.83 Å². The zero-order valence-electron chi connectivity index (χ0n) is 21.9. The Bertz CT molecular complexity index is 1490. The predicted octanol–water partition coefficient (Wildman–Crippen LogP) is 7.45. The summed E-state index contributed by atoms with van der Waals surface area (Å²) < 4.78 is 19.6. The van der Waals surface area contributed by atoms with Gasteiger partial charge in [-0.1, -0.05) is 61.2 Å². The molecule has 194 valence electrons. The van der Waals surface area contributed by atoms with E-state index in [2.05, 4.69) is 41.3 Å². The highest BCUT2D eigenvalue weighted by molar-refractivity contribution is 6.12. The van der Waals surface area contributed by atoms with Gasteiger partial charge < -0.3 is 20.0 Å². The molecule has 0 radical (unpaired) electrons. The summed E-state index contributed by atoms with van der Waals surface area (Å²) in [5.74, 6) is -0.491. The number of allylic oxidation sites excluding steroid dienone is 5. The molecule has 1 aromatic heterocycles. The number of rotatable bonds is 10. The Hall–Kier alpha value is -4.58. The fourth-order valence-corrected chi connectivity index (χ4v) is 4.35. The monoisotopic (exact) mass is 509 g/mol. The second-order valence-corrected chi connectivity index (χ2v) is 8.85. The van der Waals surface area contributed by atoms with Gasteiger partial charge in [0.2, 0.25) is 0 Å². The molecule has 3 aromatic carbocycles. The SMILES string of the molecule is C=C(F)/C=C\C(=C/C)c1oc2cc(NCCN(C)c3ccccc3)c(-c3ccccc3)cc2c1C(=O)NC. The normalized spacial score (nSPS) is 11.6. The zero-order chi connectivity index (χ0) is 27.1. The number of nitrogens with one attached hydrogen (secondary N) is 2. The predicted molar refractivity (Wildman–Crippen MR) is 156 cm³/mol. The number of carbonyl (C=O) groups is 1. The van der Waals surface area contributed by atoms with Crippen LogP contribution in [0.15, 0.2) is 108 Å². The van der Waals surface area contributed by atoms with Gasteiger partial charge in [-0.25, -0.2) is 4.39 Å². The van der Waals surface area contributed by atoms with E-state index in [1.165, 1.54) is 6.08 Å². The average molecular weight is 510 g/mol. The van der Waals surface area contributed by atoms with Crippen molar-refractivity contribution in [2.75, 3.05) is 37.4 Å². The zero-order valence-corrected chi connectivity index (χ0v) is 21.9. The number of hydrogen-bond donors (Lipinski definition) is 2. The minimum atomic E-state index is -0.583. The Morgan fingerprint density at radius 1 is 1.05 bits per heavy atom. The highest BCUT2D eigenvalue weighted by atomic mass is 19.1. The maximum atomic E-state index is 13.4. The van der Waals surface area contributed by atoms with Crippen molar-refractivity contribution in [3.05, 3.63) is 115 Å². The molecule has 0 bridgehead atoms. The lowest BCUT2D eigenvalue weighted by molar-refractivity contribution is 0.0963. The molecular formula is C32H32FN3O2. The van der Waals surface area contributed by atoms with Crippen LogP contribution >= 0.6 is 0 Å². The first-order valence-corrected chi connectivity index (χ1v) is 12.5. The van der Waals surface area contributed by atoms with Crippen molar-refractivity contribution in [1.29, 1.82) is 0 Å². The Labute approximate surface area is 223 Å². The van der Waals surface area contributed by atoms with E-state index in [0.29, 0.717) is 34.4 Å². The van der Waals surface area contributed by atoms with Crippen molar-refractivity contribution in [3.63, 3.8) is 0 Å². The Balaban J connectivity index is 1.79. The van der Waals surface area contributed by atoms with Crippen LogP contribution in [0.5, 0.6) is 0 Å². The van der Waals surface area contributed by atoms with Gasteiger partial charge in [-0.05, 0) is 42.8 Å². The second kappa shape index (κ2) is 12.1. The molecule has 0 saturated heterocycles. The molecule has 38 heavy (non-hydrogen) atoms. The third-order valence-electron chi connectivity index (χ3n) is 6.34. The first kappa shape index (κ1) is 26.5. The molecule has 2 N–H and O–H groups in total. The molecule has 1 amide bonds. The first-order valence-electron chi connectivity index (χ1n) is 12.5. The van der Waals surface area contributed by atoms with Gasteiger partial charge in [0.1, 0.15) is 17.2 Å². The number of furan rings is 1. The van der Waals surface area contributed by atoms with Crippen molar-refractivity contribution in [2.45, 2.75) is 6.92 Å². The lowest BCUT2D eigenvalue weighted by Gasteiger charge is -2.20. The van der Waals surface area contributed by atoms with E-state index in [9.17, 15) is 9.18 Å². The molecule has 6 heteroatoms. The van der Waals surface area contributed by atoms with Gasteiger partial charge in [0.05, 0.1) is 5.56 Å². The van der Waals surface area contributed by atoms with E-state index in [4.69, 9.17) is 4.42 Å². The average Bonchev–Trinajstić information content (AvgIpc) is 3.31. The van der Waals surface area contributed by atoms with Crippen LogP contribution in [0.4, 0.5) is 15.8 Å². The summed E-state index contributed by atoms with van der Waals surface area (Å²) in [5, 5.41) is 6.96. The number of benzene rings is 3. The number of likely N-dealkylation sites (N-methyl/N-ethyl adjacent to an activating group) is 1. The molecule has 5 nitrogen and oxygen atoms in total. The Morgan fingerprint density at radius 3 is 2.37 bits per heavy atom. The highest BCUT2D eigenvalue weighted by Gasteiger charge is 2.23. The van der Waals surface area contributed by atoms with Crippen LogP contribution < -0.4 is 15.5 Å². The number of anilines is 2. The summed E-state index contributed by atoms with van der Waals surface area (Å²) in [5.41, 5.74) is 5.54. The third-order valence-corrected chi connectivity index (χ3v) is 6.34. The lowest BCUT2D eigenvalue weighted by Crippen LogP contribution is -2.24. The summed E-state index contributed by atoms with van der Waals surface area (Å²) in [6.07, 6.45) is 4.59. The van der Waals surface area contributed by atoms with Crippen LogP contribution in [0.25, 0.3) is 27.7 Å². The molecule has 0 fully saturated rings. The van der Waals surface area contributed by atoms with Gasteiger partial charge in [0.15, 0.2) is 0 Å². The molecule has 0 aliphatic carbocycles. The minimum absolute atomic E-state index is 0.283. The number of halogens is 1. The third kappa shape index (κ3) is 5.86. The number of fused-ring (bicyclic) bond motifs is 1. The van der Waals surface area contributed by atoms with Gasteiger partial charge in [0.25, 0.3) is 5.91 Å². The standard InChI is InChI=1S/C32H32FN3O2/c1-5-23(17-16-22(2)33)31-30(32(37)34-3)27-20-26(24-12-8-6-9-13-24)28(21-29(27)38-31)35-18-19-36(4)25-14-10-7-11-15-25/h5-17,20-21,35H,2,18-19H2,1,3-4H3,(H,34,37)/b17-16-,23-5+. The summed E-state index contributed by atoms with van der Waals surface area (Å²) >= 11 is 0. The second-order valence-electron chi connectivity index (χ2n) is 8.85. The van der Waals surface area contributed by atoms with E-state index in [0.717, 1.165) is 29.0 Å². The molecule has 0 saturated carbocycles. The molecule has 0 unspecified atom stereocenters. The Morgan fingerprint density at radius 2 is 1.74 bits per heavy atom. The van der Waals surface area contributed by atoms with Gasteiger partial charge >= 0.3 is 0 Å². The number of carbonyl (C=O) groups excluding carboxylic acids is 1. The summed E-state index contributed by atoms with van der Waals surface area (Å²) in [6.45, 7) is 6.57. The first-order chi connectivity index (χ1) is 18.4. The molecule has 4 aromatic rings. The maximum absolute atomic E-state index is 13.4. The van der Waals surface area contributed by atoms with Crippen molar-refractivity contribution in [2.24, 2.45) is 0 Å². The maximum Gasteiger partial charge on any atom is 0.255 e. The van der Waals surface area contributed by atoms with Crippen LogP contribution in [0.1, 0.15) is 23.0 Å². The Kier molecular flexibility index (Phi) is 8.44. The van der Waals surface area contributed by atoms with Crippen LogP contribution in [0.2, 0.25) is 0 Å². The molecule has 4 rings (SSSR count). The van der Waals surface area contributed by atoms with Crippen LogP contribution in [-0.4, -0.2) is 33.1 Å². The topological polar surface area (TPSA) is 57.5 Å². The lowest BCUT2D eigenvalue weighted by atomic mass is 9.98. The van der Waals surface area contributed by atoms with Gasteiger partial charge in [-0.3, -0.25) is 4.79 Å². The molecule has 0 aliphatic heterocycles. The van der Waals surface area contributed by atoms with E-state index in [1.54, 1.807) is 19.2 Å². The van der Waals surface area contributed by atoms with Crippen molar-refractivity contribution in [3.8, 4) is 11.1 Å². The minimum Gasteiger partial charge on any atom is -0.455 e. The van der Waals surface area contributed by atoms with Gasteiger partial charge in [0, 0.05) is 61.1 Å². The number of nitrogens with zero attached hydrogens (tertiary/aromatic N) is 1. The highest BCUT2D eigenvalue weighted by Crippen LogP contribution is 2.38. The molecule has 0 aliphatic rings. The molecular weight excluding hydrogens is 477 g/mol. The van der Waals surface area contributed by atoms with Crippen LogP contribution in [0.3, 0.4) is 0 Å². The fourth-order valence-electron chi connectivity index (χ4n) is 4.35. The summed E-state index contributed by atoms with van der Waals surface area (Å²) in [6, 6.07) is 24.1. The van der Waals surface area contributed by atoms with E-state index in [1.807, 2.05) is 67.6 Å². The van der Waals surface area contributed by atoms with Gasteiger partial charge in [-0.2, -0.15) is 0 Å². The number of para-hydroxylation sites is 1. The summed E-state index contributed by atoms with van der Waals surface area (Å²) in [7, 11) is 3.64. The van der Waals surface area contributed by atoms with Crippen molar-refractivity contribution >= 4 is 33.8 Å². The number of hydrogen-bond acceptors (Lipinski definition) is 4. The van der Waals surface area contributed by atoms with E-state index in [-0.39, 0.29) is 5.91 Å². The molecule has 0 atom stereocenters. The van der Waals surface area contributed by atoms with E-state index >= 15 is 0 Å². The summed E-state index contributed by atoms with van der Waals surface area (Å²) in [4.78, 5) is 15.2. The fraction of sp³-hybridized carbons (Fsp3) is 0.156. The van der Waals surface area contributed by atoms with Crippen LogP contribution in [0, 0.1) is 0 Å². The largest absolute Gasteiger partial charge is 0.455 e. The van der Waals surface area contributed by atoms with Gasteiger partial charge in [-0.15, -0.1) is 0 Å². The molecule has 0 spiro atoms. The van der Waals surface area contributed by atoms with Crippen molar-refractivity contribution in [1.82, 2.24) is 5.32 Å².